The second-order valence-corrected chi connectivity index (χ2v) is 4.48. The van der Waals surface area contributed by atoms with E-state index in [4.69, 9.17) is 4.42 Å². The van der Waals surface area contributed by atoms with Crippen molar-refractivity contribution in [1.29, 1.82) is 0 Å². The minimum Gasteiger partial charge on any atom is -0.444 e. The van der Waals surface area contributed by atoms with E-state index in [1.807, 2.05) is 14.1 Å². The molecule has 6 nitrogen and oxygen atoms in total. The van der Waals surface area contributed by atoms with Crippen molar-refractivity contribution in [2.24, 2.45) is 0 Å². The lowest BCUT2D eigenvalue weighted by atomic mass is 10.4. The Bertz CT molecular complexity index is 568. The summed E-state index contributed by atoms with van der Waals surface area (Å²) >= 11 is 3.14. The van der Waals surface area contributed by atoms with Crippen LogP contribution in [0.2, 0.25) is 0 Å². The molecule has 0 atom stereocenters. The number of hydrogen-bond donors (Lipinski definition) is 1. The van der Waals surface area contributed by atoms with Gasteiger partial charge in [0.15, 0.2) is 10.4 Å². The van der Waals surface area contributed by atoms with E-state index < -0.39 is 0 Å². The third kappa shape index (κ3) is 2.86. The van der Waals surface area contributed by atoms with Crippen LogP contribution in [0.15, 0.2) is 33.5 Å². The van der Waals surface area contributed by atoms with Gasteiger partial charge >= 0.3 is 0 Å². The molecule has 0 radical (unpaired) electrons. The Morgan fingerprint density at radius 1 is 1.39 bits per heavy atom. The van der Waals surface area contributed by atoms with E-state index in [1.165, 1.54) is 0 Å². The maximum Gasteiger partial charge on any atom is 0.292 e. The molecule has 0 saturated heterocycles. The summed E-state index contributed by atoms with van der Waals surface area (Å²) in [4.78, 5) is 21.8. The number of furan rings is 1. The van der Waals surface area contributed by atoms with Crippen molar-refractivity contribution < 1.29 is 9.21 Å². The first-order valence-corrected chi connectivity index (χ1v) is 5.92. The third-order valence-corrected chi connectivity index (χ3v) is 2.51. The molecule has 7 heteroatoms. The number of amides is 1. The van der Waals surface area contributed by atoms with Gasteiger partial charge in [-0.2, -0.15) is 4.98 Å². The van der Waals surface area contributed by atoms with E-state index in [2.05, 4.69) is 31.2 Å². The lowest BCUT2D eigenvalue weighted by Gasteiger charge is -2.10. The van der Waals surface area contributed by atoms with Crippen molar-refractivity contribution in [3.05, 3.63) is 34.8 Å². The molecule has 94 valence electrons. The number of carbonyl (C=O) groups excluding carboxylic acids is 1. The van der Waals surface area contributed by atoms with Crippen LogP contribution in [-0.4, -0.2) is 30.0 Å². The molecule has 0 aliphatic heterocycles. The van der Waals surface area contributed by atoms with Crippen molar-refractivity contribution in [2.45, 2.75) is 0 Å². The quantitative estimate of drug-likeness (QED) is 0.940. The second kappa shape index (κ2) is 5.18. The van der Waals surface area contributed by atoms with Crippen LogP contribution in [0.5, 0.6) is 0 Å². The zero-order valence-electron chi connectivity index (χ0n) is 9.85. The number of hydrogen-bond acceptors (Lipinski definition) is 5. The van der Waals surface area contributed by atoms with Gasteiger partial charge in [0.2, 0.25) is 5.95 Å². The predicted molar refractivity (Wildman–Crippen MR) is 70.7 cm³/mol. The highest BCUT2D eigenvalue weighted by Gasteiger charge is 2.11. The third-order valence-electron chi connectivity index (χ3n) is 2.08. The molecule has 0 bridgehead atoms. The monoisotopic (exact) mass is 310 g/mol. The Labute approximate surface area is 112 Å². The first-order chi connectivity index (χ1) is 8.56. The van der Waals surface area contributed by atoms with Gasteiger partial charge in [0.05, 0.1) is 0 Å². The summed E-state index contributed by atoms with van der Waals surface area (Å²) < 4.78 is 5.65. The van der Waals surface area contributed by atoms with Gasteiger partial charge < -0.3 is 14.6 Å². The van der Waals surface area contributed by atoms with Crippen molar-refractivity contribution in [3.63, 3.8) is 0 Å². The van der Waals surface area contributed by atoms with Gasteiger partial charge in [-0.3, -0.25) is 4.79 Å². The van der Waals surface area contributed by atoms with Crippen LogP contribution >= 0.6 is 15.9 Å². The Hall–Kier alpha value is -1.89. The second-order valence-electron chi connectivity index (χ2n) is 3.69. The Morgan fingerprint density at radius 3 is 2.78 bits per heavy atom. The Morgan fingerprint density at radius 2 is 2.17 bits per heavy atom. The summed E-state index contributed by atoms with van der Waals surface area (Å²) in [6.45, 7) is 0. The maximum atomic E-state index is 11.8. The Kier molecular flexibility index (Phi) is 3.61. The molecular formula is C11H11BrN4O2. The SMILES string of the molecule is CN(C)c1nccc(NC(=O)c2ccc(Br)o2)n1. The fourth-order valence-electron chi connectivity index (χ4n) is 1.25. The molecule has 1 N–H and O–H groups in total. The highest BCUT2D eigenvalue weighted by molar-refractivity contribution is 9.10. The summed E-state index contributed by atoms with van der Waals surface area (Å²) in [5.41, 5.74) is 0. The molecule has 0 aliphatic rings. The van der Waals surface area contributed by atoms with Crippen LogP contribution in [0, 0.1) is 0 Å². The van der Waals surface area contributed by atoms with Crippen LogP contribution in [0.4, 0.5) is 11.8 Å². The van der Waals surface area contributed by atoms with Gasteiger partial charge in [0.25, 0.3) is 5.91 Å². The largest absolute Gasteiger partial charge is 0.444 e. The molecule has 1 amide bonds. The van der Waals surface area contributed by atoms with E-state index in [0.29, 0.717) is 16.4 Å². The number of nitrogens with zero attached hydrogens (tertiary/aromatic N) is 3. The van der Waals surface area contributed by atoms with Gasteiger partial charge in [-0.05, 0) is 34.1 Å². The lowest BCUT2D eigenvalue weighted by Crippen LogP contribution is -2.16. The van der Waals surface area contributed by atoms with Crippen LogP contribution in [0.1, 0.15) is 10.6 Å². The maximum absolute atomic E-state index is 11.8. The van der Waals surface area contributed by atoms with Crippen LogP contribution in [-0.2, 0) is 0 Å². The van der Waals surface area contributed by atoms with E-state index >= 15 is 0 Å². The minimum absolute atomic E-state index is 0.215. The molecule has 0 aromatic carbocycles. The standard InChI is InChI=1S/C11H11BrN4O2/c1-16(2)11-13-6-5-9(15-11)14-10(17)7-3-4-8(12)18-7/h3-6H,1-2H3,(H,13,14,15,17). The molecule has 0 unspecified atom stereocenters. The molecule has 18 heavy (non-hydrogen) atoms. The fraction of sp³-hybridized carbons (Fsp3) is 0.182. The zero-order chi connectivity index (χ0) is 13.1. The predicted octanol–water partition coefficient (Wildman–Crippen LogP) is 2.15. The number of aromatic nitrogens is 2. The number of nitrogens with one attached hydrogen (secondary N) is 1. The zero-order valence-corrected chi connectivity index (χ0v) is 11.4. The number of anilines is 2. The van der Waals surface area contributed by atoms with E-state index in [-0.39, 0.29) is 11.7 Å². The first-order valence-electron chi connectivity index (χ1n) is 5.13. The molecule has 2 heterocycles. The van der Waals surface area contributed by atoms with Crippen molar-refractivity contribution in [3.8, 4) is 0 Å². The topological polar surface area (TPSA) is 71.3 Å². The summed E-state index contributed by atoms with van der Waals surface area (Å²) in [6, 6.07) is 4.84. The van der Waals surface area contributed by atoms with Gasteiger partial charge in [-0.15, -0.1) is 0 Å². The molecular weight excluding hydrogens is 300 g/mol. The number of rotatable bonds is 3. The normalized spacial score (nSPS) is 10.2. The molecule has 0 aliphatic carbocycles. The Balaban J connectivity index is 2.14. The average molecular weight is 311 g/mol. The fourth-order valence-corrected chi connectivity index (χ4v) is 1.55. The van der Waals surface area contributed by atoms with E-state index in [9.17, 15) is 4.79 Å². The summed E-state index contributed by atoms with van der Waals surface area (Å²) in [5.74, 6) is 0.802. The van der Waals surface area contributed by atoms with Crippen molar-refractivity contribution >= 4 is 33.6 Å². The smallest absolute Gasteiger partial charge is 0.292 e. The summed E-state index contributed by atoms with van der Waals surface area (Å²) in [6.07, 6.45) is 1.58. The van der Waals surface area contributed by atoms with Gasteiger partial charge in [-0.25, -0.2) is 4.98 Å². The summed E-state index contributed by atoms with van der Waals surface area (Å²) in [7, 11) is 3.65. The molecule has 0 fully saturated rings. The molecule has 2 rings (SSSR count). The molecule has 0 saturated carbocycles. The van der Waals surface area contributed by atoms with E-state index in [1.54, 1.807) is 29.3 Å². The number of halogens is 1. The minimum atomic E-state index is -0.357. The highest BCUT2D eigenvalue weighted by atomic mass is 79.9. The van der Waals surface area contributed by atoms with Crippen molar-refractivity contribution in [2.75, 3.05) is 24.3 Å². The number of carbonyl (C=O) groups is 1. The van der Waals surface area contributed by atoms with Gasteiger partial charge in [-0.1, -0.05) is 0 Å². The van der Waals surface area contributed by atoms with Crippen LogP contribution in [0.25, 0.3) is 0 Å². The molecule has 2 aromatic heterocycles. The van der Waals surface area contributed by atoms with Crippen molar-refractivity contribution in [1.82, 2.24) is 9.97 Å². The summed E-state index contributed by atoms with van der Waals surface area (Å²) in [5, 5.41) is 2.64. The van der Waals surface area contributed by atoms with Gasteiger partial charge in [0, 0.05) is 20.3 Å². The first kappa shape index (κ1) is 12.6. The van der Waals surface area contributed by atoms with Crippen LogP contribution in [0.3, 0.4) is 0 Å². The molecule has 0 spiro atoms. The van der Waals surface area contributed by atoms with Crippen LogP contribution < -0.4 is 10.2 Å². The van der Waals surface area contributed by atoms with Gasteiger partial charge in [0.1, 0.15) is 5.82 Å². The average Bonchev–Trinajstić information content (AvgIpc) is 2.76. The highest BCUT2D eigenvalue weighted by Crippen LogP contribution is 2.15. The molecule has 2 aromatic rings. The van der Waals surface area contributed by atoms with E-state index in [0.717, 1.165) is 0 Å². The lowest BCUT2D eigenvalue weighted by molar-refractivity contribution is 0.0995.